The number of rotatable bonds is 5. The van der Waals surface area contributed by atoms with Gasteiger partial charge in [-0.3, -0.25) is 9.69 Å². The van der Waals surface area contributed by atoms with Crippen LogP contribution in [0, 0.1) is 5.92 Å². The van der Waals surface area contributed by atoms with Crippen LogP contribution in [-0.2, 0) is 11.3 Å². The third-order valence-corrected chi connectivity index (χ3v) is 5.27. The van der Waals surface area contributed by atoms with Crippen LogP contribution < -0.4 is 0 Å². The van der Waals surface area contributed by atoms with Crippen molar-refractivity contribution in [1.82, 2.24) is 4.90 Å². The molecule has 2 fully saturated rings. The van der Waals surface area contributed by atoms with Crippen LogP contribution in [0.25, 0.3) is 0 Å². The molecule has 0 aliphatic heterocycles. The molecule has 0 radical (unpaired) electrons. The van der Waals surface area contributed by atoms with Crippen molar-refractivity contribution in [3.05, 3.63) is 22.4 Å². The Labute approximate surface area is 118 Å². The quantitative estimate of drug-likeness (QED) is 0.898. The highest BCUT2D eigenvalue weighted by molar-refractivity contribution is 7.09. The molecule has 104 valence electrons. The smallest absolute Gasteiger partial charge is 0.308 e. The number of nitrogens with zero attached hydrogens (tertiary/aromatic N) is 1. The summed E-state index contributed by atoms with van der Waals surface area (Å²) in [6.07, 6.45) is 6.65. The molecule has 0 aromatic carbocycles. The minimum absolute atomic E-state index is 0.158. The molecule has 2 saturated carbocycles. The van der Waals surface area contributed by atoms with Crippen molar-refractivity contribution in [1.29, 1.82) is 0 Å². The lowest BCUT2D eigenvalue weighted by molar-refractivity contribution is -0.146. The van der Waals surface area contributed by atoms with E-state index in [9.17, 15) is 9.90 Å². The molecule has 0 amide bonds. The molecule has 2 atom stereocenters. The van der Waals surface area contributed by atoms with Crippen LogP contribution >= 0.6 is 11.3 Å². The second kappa shape index (κ2) is 5.63. The summed E-state index contributed by atoms with van der Waals surface area (Å²) in [6.45, 7) is 0.941. The zero-order valence-corrected chi connectivity index (χ0v) is 11.9. The standard InChI is InChI=1S/C15H21NO2S/c17-15(18)13-5-1-2-6-14(13)16(11-7-8-11)10-12-4-3-9-19-12/h3-4,9,11,13-14H,1-2,5-8,10H2,(H,17,18). The van der Waals surface area contributed by atoms with Gasteiger partial charge in [0.1, 0.15) is 0 Å². The van der Waals surface area contributed by atoms with Crippen molar-refractivity contribution >= 4 is 17.3 Å². The number of carboxylic acids is 1. The first-order valence-corrected chi connectivity index (χ1v) is 8.14. The maximum absolute atomic E-state index is 11.5. The highest BCUT2D eigenvalue weighted by Crippen LogP contribution is 2.37. The van der Waals surface area contributed by atoms with E-state index < -0.39 is 5.97 Å². The summed E-state index contributed by atoms with van der Waals surface area (Å²) in [4.78, 5) is 15.3. The van der Waals surface area contributed by atoms with Crippen LogP contribution in [0.15, 0.2) is 17.5 Å². The number of aliphatic carboxylic acids is 1. The average Bonchev–Trinajstić information content (AvgIpc) is 3.13. The molecule has 1 aromatic heterocycles. The van der Waals surface area contributed by atoms with Gasteiger partial charge < -0.3 is 5.11 Å². The first-order valence-electron chi connectivity index (χ1n) is 7.26. The van der Waals surface area contributed by atoms with Gasteiger partial charge in [-0.1, -0.05) is 18.9 Å². The molecule has 3 nitrogen and oxygen atoms in total. The van der Waals surface area contributed by atoms with Gasteiger partial charge >= 0.3 is 5.97 Å². The molecule has 1 heterocycles. The van der Waals surface area contributed by atoms with Gasteiger partial charge in [0, 0.05) is 23.5 Å². The van der Waals surface area contributed by atoms with Crippen LogP contribution in [0.3, 0.4) is 0 Å². The number of hydrogen-bond acceptors (Lipinski definition) is 3. The minimum atomic E-state index is -0.596. The molecule has 19 heavy (non-hydrogen) atoms. The van der Waals surface area contributed by atoms with Crippen molar-refractivity contribution in [3.63, 3.8) is 0 Å². The van der Waals surface area contributed by atoms with E-state index in [2.05, 4.69) is 22.4 Å². The first kappa shape index (κ1) is 13.1. The summed E-state index contributed by atoms with van der Waals surface area (Å²) in [6, 6.07) is 5.13. The molecule has 1 N–H and O–H groups in total. The topological polar surface area (TPSA) is 40.5 Å². The molecule has 2 unspecified atom stereocenters. The van der Waals surface area contributed by atoms with E-state index in [4.69, 9.17) is 0 Å². The summed E-state index contributed by atoms with van der Waals surface area (Å²) in [7, 11) is 0. The van der Waals surface area contributed by atoms with E-state index in [0.29, 0.717) is 6.04 Å². The third-order valence-electron chi connectivity index (χ3n) is 4.41. The van der Waals surface area contributed by atoms with Gasteiger partial charge in [0.2, 0.25) is 0 Å². The molecule has 0 saturated heterocycles. The van der Waals surface area contributed by atoms with Gasteiger partial charge in [-0.05, 0) is 37.1 Å². The highest BCUT2D eigenvalue weighted by atomic mass is 32.1. The Morgan fingerprint density at radius 2 is 2.11 bits per heavy atom. The Hall–Kier alpha value is -0.870. The Morgan fingerprint density at radius 1 is 1.32 bits per heavy atom. The predicted molar refractivity (Wildman–Crippen MR) is 76.3 cm³/mol. The second-order valence-electron chi connectivity index (χ2n) is 5.78. The maximum Gasteiger partial charge on any atom is 0.308 e. The summed E-state index contributed by atoms with van der Waals surface area (Å²) in [5.74, 6) is -0.754. The fraction of sp³-hybridized carbons (Fsp3) is 0.667. The number of thiophene rings is 1. The van der Waals surface area contributed by atoms with E-state index in [1.165, 1.54) is 24.1 Å². The van der Waals surface area contributed by atoms with Crippen molar-refractivity contribution in [2.24, 2.45) is 5.92 Å². The Balaban J connectivity index is 1.76. The summed E-state index contributed by atoms with van der Waals surface area (Å²) < 4.78 is 0. The van der Waals surface area contributed by atoms with E-state index in [1.54, 1.807) is 11.3 Å². The highest BCUT2D eigenvalue weighted by Gasteiger charge is 2.41. The zero-order chi connectivity index (χ0) is 13.2. The van der Waals surface area contributed by atoms with Crippen LogP contribution in [0.2, 0.25) is 0 Å². The SMILES string of the molecule is O=C(O)C1CCCCC1N(Cc1cccs1)C1CC1. The van der Waals surface area contributed by atoms with E-state index >= 15 is 0 Å². The van der Waals surface area contributed by atoms with Gasteiger partial charge in [0.05, 0.1) is 5.92 Å². The normalized spacial score (nSPS) is 27.6. The molecule has 0 spiro atoms. The Kier molecular flexibility index (Phi) is 3.89. The zero-order valence-electron chi connectivity index (χ0n) is 11.1. The molecule has 3 rings (SSSR count). The van der Waals surface area contributed by atoms with Gasteiger partial charge in [0.25, 0.3) is 0 Å². The predicted octanol–water partition coefficient (Wildman–Crippen LogP) is 3.36. The number of carboxylic acid groups (broad SMARTS) is 1. The van der Waals surface area contributed by atoms with Crippen molar-refractivity contribution in [2.75, 3.05) is 0 Å². The Morgan fingerprint density at radius 3 is 2.74 bits per heavy atom. The molecule has 2 aliphatic rings. The van der Waals surface area contributed by atoms with Crippen LogP contribution in [0.1, 0.15) is 43.4 Å². The largest absolute Gasteiger partial charge is 0.481 e. The Bertz CT molecular complexity index is 427. The lowest BCUT2D eigenvalue weighted by atomic mass is 9.83. The molecule has 2 aliphatic carbocycles. The van der Waals surface area contributed by atoms with E-state index in [0.717, 1.165) is 25.8 Å². The van der Waals surface area contributed by atoms with Crippen molar-refractivity contribution in [2.45, 2.75) is 57.2 Å². The first-order chi connectivity index (χ1) is 9.25. The van der Waals surface area contributed by atoms with Gasteiger partial charge in [-0.2, -0.15) is 0 Å². The van der Waals surface area contributed by atoms with E-state index in [1.807, 2.05) is 0 Å². The monoisotopic (exact) mass is 279 g/mol. The van der Waals surface area contributed by atoms with Crippen molar-refractivity contribution < 1.29 is 9.90 Å². The fourth-order valence-corrected chi connectivity index (χ4v) is 4.01. The van der Waals surface area contributed by atoms with Crippen LogP contribution in [0.5, 0.6) is 0 Å². The lowest BCUT2D eigenvalue weighted by Crippen LogP contribution is -2.46. The number of carbonyl (C=O) groups is 1. The summed E-state index contributed by atoms with van der Waals surface area (Å²) in [5.41, 5.74) is 0. The molecule has 1 aromatic rings. The minimum Gasteiger partial charge on any atom is -0.481 e. The van der Waals surface area contributed by atoms with E-state index in [-0.39, 0.29) is 12.0 Å². The molecule has 4 heteroatoms. The van der Waals surface area contributed by atoms with Gasteiger partial charge in [-0.15, -0.1) is 11.3 Å². The lowest BCUT2D eigenvalue weighted by Gasteiger charge is -2.38. The van der Waals surface area contributed by atoms with Crippen LogP contribution in [-0.4, -0.2) is 28.1 Å². The van der Waals surface area contributed by atoms with Crippen molar-refractivity contribution in [3.8, 4) is 0 Å². The summed E-state index contributed by atoms with van der Waals surface area (Å²) >= 11 is 1.78. The third kappa shape index (κ3) is 3.00. The molecular weight excluding hydrogens is 258 g/mol. The fourth-order valence-electron chi connectivity index (χ4n) is 3.30. The summed E-state index contributed by atoms with van der Waals surface area (Å²) in [5, 5.41) is 11.6. The van der Waals surface area contributed by atoms with Gasteiger partial charge in [-0.25, -0.2) is 0 Å². The number of hydrogen-bond donors (Lipinski definition) is 1. The maximum atomic E-state index is 11.5. The average molecular weight is 279 g/mol. The van der Waals surface area contributed by atoms with Crippen LogP contribution in [0.4, 0.5) is 0 Å². The second-order valence-corrected chi connectivity index (χ2v) is 6.81. The molecular formula is C15H21NO2S. The van der Waals surface area contributed by atoms with Gasteiger partial charge in [0.15, 0.2) is 0 Å². The molecule has 0 bridgehead atoms.